The highest BCUT2D eigenvalue weighted by Crippen LogP contribution is 2.22. The number of rotatable bonds is 5. The molecule has 0 radical (unpaired) electrons. The summed E-state index contributed by atoms with van der Waals surface area (Å²) in [5.74, 6) is -0.278. The van der Waals surface area contributed by atoms with Crippen LogP contribution >= 0.6 is 22.9 Å². The quantitative estimate of drug-likeness (QED) is 0.521. The minimum atomic E-state index is -0.471. The fourth-order valence-electron chi connectivity index (χ4n) is 1.50. The molecule has 0 saturated carbocycles. The number of nitrogens with one attached hydrogen (secondary N) is 1. The third-order valence-corrected chi connectivity index (χ3v) is 3.67. The molecule has 1 amide bonds. The van der Waals surface area contributed by atoms with Crippen molar-refractivity contribution < 1.29 is 9.72 Å². The molecule has 0 unspecified atom stereocenters. The lowest BCUT2D eigenvalue weighted by Crippen LogP contribution is -2.19. The summed E-state index contributed by atoms with van der Waals surface area (Å²) in [5, 5.41) is 14.9. The van der Waals surface area contributed by atoms with Gasteiger partial charge in [0.2, 0.25) is 5.91 Å². The van der Waals surface area contributed by atoms with Crippen molar-refractivity contribution in [2.75, 3.05) is 0 Å². The van der Waals surface area contributed by atoms with E-state index in [-0.39, 0.29) is 17.3 Å². The number of halogens is 1. The highest BCUT2D eigenvalue weighted by Gasteiger charge is 2.08. The monoisotopic (exact) mass is 323 g/mol. The lowest BCUT2D eigenvalue weighted by atomic mass is 10.1. The first kappa shape index (κ1) is 15.1. The Labute approximate surface area is 129 Å². The summed E-state index contributed by atoms with van der Waals surface area (Å²) in [6, 6.07) is 9.89. The van der Waals surface area contributed by atoms with Crippen molar-refractivity contribution in [3.05, 3.63) is 62.0 Å². The van der Waals surface area contributed by atoms with Crippen LogP contribution in [0.2, 0.25) is 5.02 Å². The topological polar surface area (TPSA) is 84.6 Å². The van der Waals surface area contributed by atoms with Gasteiger partial charge in [-0.1, -0.05) is 35.1 Å². The molecule has 2 rings (SSSR count). The van der Waals surface area contributed by atoms with E-state index in [4.69, 9.17) is 11.6 Å². The van der Waals surface area contributed by atoms with E-state index in [2.05, 4.69) is 10.5 Å². The molecule has 0 fully saturated rings. The number of nitrogens with zero attached hydrogens (tertiary/aromatic N) is 2. The maximum absolute atomic E-state index is 11.6. The number of hydrogen-bond acceptors (Lipinski definition) is 5. The highest BCUT2D eigenvalue weighted by molar-refractivity contribution is 7.16. The fraction of sp³-hybridized carbons (Fsp3) is 0.0769. The minimum absolute atomic E-state index is 0.0314. The molecule has 0 aliphatic carbocycles. The number of carbonyl (C=O) groups is 1. The lowest BCUT2D eigenvalue weighted by Gasteiger charge is -2.00. The molecule has 2 aromatic rings. The maximum Gasteiger partial charge on any atom is 0.324 e. The number of carbonyl (C=O) groups excluding carboxylic acids is 1. The summed E-state index contributed by atoms with van der Waals surface area (Å²) < 4.78 is 0. The summed E-state index contributed by atoms with van der Waals surface area (Å²) in [7, 11) is 0. The Morgan fingerprint density at radius 1 is 1.33 bits per heavy atom. The number of nitro groups is 1. The van der Waals surface area contributed by atoms with Gasteiger partial charge in [0, 0.05) is 11.1 Å². The van der Waals surface area contributed by atoms with E-state index in [0.717, 1.165) is 16.9 Å². The van der Waals surface area contributed by atoms with E-state index in [9.17, 15) is 14.9 Å². The molecule has 8 heteroatoms. The van der Waals surface area contributed by atoms with Gasteiger partial charge < -0.3 is 0 Å². The van der Waals surface area contributed by atoms with Gasteiger partial charge >= 0.3 is 5.00 Å². The molecule has 1 aromatic heterocycles. The molecule has 1 aromatic carbocycles. The van der Waals surface area contributed by atoms with Crippen molar-refractivity contribution >= 4 is 40.1 Å². The third-order valence-electron chi connectivity index (χ3n) is 2.45. The third kappa shape index (κ3) is 4.66. The zero-order chi connectivity index (χ0) is 15.2. The van der Waals surface area contributed by atoms with Crippen LogP contribution in [0.15, 0.2) is 41.5 Å². The highest BCUT2D eigenvalue weighted by atomic mass is 35.5. The number of hydrogen-bond donors (Lipinski definition) is 1. The standard InChI is InChI=1S/C13H10ClN3O3S/c14-10-3-1-9(2-4-10)7-12(18)16-15-8-11-5-6-13(21-11)17(19)20/h1-6,8H,7H2,(H,16,18)/b15-8+. The normalized spacial score (nSPS) is 10.7. The van der Waals surface area contributed by atoms with Crippen molar-refractivity contribution in [2.24, 2.45) is 5.10 Å². The Bertz CT molecular complexity index is 682. The summed E-state index contributed by atoms with van der Waals surface area (Å²) in [5.41, 5.74) is 3.19. The minimum Gasteiger partial charge on any atom is -0.273 e. The van der Waals surface area contributed by atoms with Gasteiger partial charge in [-0.25, -0.2) is 5.43 Å². The van der Waals surface area contributed by atoms with Crippen LogP contribution in [0.5, 0.6) is 0 Å². The fourth-order valence-corrected chi connectivity index (χ4v) is 2.32. The van der Waals surface area contributed by atoms with E-state index in [1.54, 1.807) is 30.3 Å². The predicted molar refractivity (Wildman–Crippen MR) is 81.9 cm³/mol. The van der Waals surface area contributed by atoms with Crippen LogP contribution in [0.25, 0.3) is 0 Å². The smallest absolute Gasteiger partial charge is 0.273 e. The first-order chi connectivity index (χ1) is 10.0. The van der Waals surface area contributed by atoms with Crippen LogP contribution in [0, 0.1) is 10.1 Å². The Balaban J connectivity index is 1.86. The van der Waals surface area contributed by atoms with Crippen LogP contribution < -0.4 is 5.43 Å². The molecule has 108 valence electrons. The molecule has 1 N–H and O–H groups in total. The van der Waals surface area contributed by atoms with Crippen LogP contribution in [-0.4, -0.2) is 17.0 Å². The Morgan fingerprint density at radius 3 is 2.67 bits per heavy atom. The SMILES string of the molecule is O=C(Cc1ccc(Cl)cc1)N/N=C/c1ccc([N+](=O)[O-])s1. The largest absolute Gasteiger partial charge is 0.324 e. The molecule has 0 saturated heterocycles. The van der Waals surface area contributed by atoms with Crippen molar-refractivity contribution in [1.29, 1.82) is 0 Å². The van der Waals surface area contributed by atoms with Crippen molar-refractivity contribution in [1.82, 2.24) is 5.43 Å². The lowest BCUT2D eigenvalue weighted by molar-refractivity contribution is -0.380. The Kier molecular flexibility index (Phi) is 5.02. The molecule has 0 atom stereocenters. The van der Waals surface area contributed by atoms with Crippen molar-refractivity contribution in [2.45, 2.75) is 6.42 Å². The number of hydrazone groups is 1. The molecule has 0 bridgehead atoms. The molecule has 6 nitrogen and oxygen atoms in total. The summed E-state index contributed by atoms with van der Waals surface area (Å²) in [6.07, 6.45) is 1.55. The van der Waals surface area contributed by atoms with Gasteiger partial charge in [-0.15, -0.1) is 0 Å². The van der Waals surface area contributed by atoms with E-state index < -0.39 is 4.92 Å². The second-order valence-electron chi connectivity index (χ2n) is 4.03. The summed E-state index contributed by atoms with van der Waals surface area (Å²) in [6.45, 7) is 0. The van der Waals surface area contributed by atoms with E-state index in [1.165, 1.54) is 12.3 Å². The molecular formula is C13H10ClN3O3S. The second kappa shape index (κ2) is 6.96. The molecule has 21 heavy (non-hydrogen) atoms. The van der Waals surface area contributed by atoms with Gasteiger partial charge in [-0.2, -0.15) is 5.10 Å². The van der Waals surface area contributed by atoms with Crippen LogP contribution in [0.3, 0.4) is 0 Å². The van der Waals surface area contributed by atoms with Gasteiger partial charge in [-0.3, -0.25) is 14.9 Å². The van der Waals surface area contributed by atoms with Gasteiger partial charge in [0.15, 0.2) is 0 Å². The summed E-state index contributed by atoms with van der Waals surface area (Å²) >= 11 is 6.74. The van der Waals surface area contributed by atoms with Gasteiger partial charge in [0.05, 0.1) is 22.4 Å². The zero-order valence-corrected chi connectivity index (χ0v) is 12.2. The van der Waals surface area contributed by atoms with E-state index >= 15 is 0 Å². The van der Waals surface area contributed by atoms with Gasteiger partial charge in [-0.05, 0) is 23.8 Å². The predicted octanol–water partition coefficient (Wildman–Crippen LogP) is 3.00. The first-order valence-corrected chi connectivity index (χ1v) is 7.04. The number of benzene rings is 1. The van der Waals surface area contributed by atoms with Crippen molar-refractivity contribution in [3.8, 4) is 0 Å². The molecule has 0 spiro atoms. The summed E-state index contributed by atoms with van der Waals surface area (Å²) in [4.78, 5) is 22.3. The second-order valence-corrected chi connectivity index (χ2v) is 5.56. The number of thiophene rings is 1. The molecular weight excluding hydrogens is 314 g/mol. The maximum atomic E-state index is 11.6. The number of amides is 1. The van der Waals surface area contributed by atoms with Crippen LogP contribution in [0.1, 0.15) is 10.4 Å². The first-order valence-electron chi connectivity index (χ1n) is 5.85. The van der Waals surface area contributed by atoms with Crippen LogP contribution in [-0.2, 0) is 11.2 Å². The van der Waals surface area contributed by atoms with Gasteiger partial charge in [0.1, 0.15) is 0 Å². The Hall–Kier alpha value is -2.25. The van der Waals surface area contributed by atoms with Gasteiger partial charge in [0.25, 0.3) is 0 Å². The van der Waals surface area contributed by atoms with E-state index in [1.807, 2.05) is 0 Å². The van der Waals surface area contributed by atoms with E-state index in [0.29, 0.717) is 9.90 Å². The van der Waals surface area contributed by atoms with Crippen LogP contribution in [0.4, 0.5) is 5.00 Å². The van der Waals surface area contributed by atoms with Crippen molar-refractivity contribution in [3.63, 3.8) is 0 Å². The molecule has 1 heterocycles. The molecule has 0 aliphatic rings. The average molecular weight is 324 g/mol. The Morgan fingerprint density at radius 2 is 2.05 bits per heavy atom. The molecule has 0 aliphatic heterocycles. The zero-order valence-electron chi connectivity index (χ0n) is 10.7. The average Bonchev–Trinajstić information content (AvgIpc) is 2.90.